The molecule has 0 aliphatic heterocycles. The lowest BCUT2D eigenvalue weighted by Crippen LogP contribution is -2.01. The Kier molecular flexibility index (Phi) is 3.19. The maximum atomic E-state index is 11.5. The number of hydrogen-bond acceptors (Lipinski definition) is 5. The molecular weight excluding hydrogens is 240 g/mol. The summed E-state index contributed by atoms with van der Waals surface area (Å²) in [6, 6.07) is 4.99. The number of carbonyl (C=O) groups excluding carboxylic acids is 1. The first-order valence-corrected chi connectivity index (χ1v) is 5.95. The first kappa shape index (κ1) is 11.7. The fraction of sp³-hybridized carbons (Fsp3) is 0.250. The van der Waals surface area contributed by atoms with Crippen LogP contribution >= 0.6 is 11.3 Å². The number of aromatic hydroxyl groups is 1. The van der Waals surface area contributed by atoms with Crippen molar-refractivity contribution in [3.8, 4) is 11.5 Å². The molecule has 1 N–H and O–H groups in total. The number of rotatable bonds is 3. The minimum Gasteiger partial charge on any atom is -0.504 e. The standard InChI is InChI=1S/C12H12O4S/c1-3-16-12(14)11-5-7-4-8(13)9(15-2)6-10(7)17-11/h4-6,13H,3H2,1-2H3. The molecule has 90 valence electrons. The van der Waals surface area contributed by atoms with Gasteiger partial charge in [-0.1, -0.05) is 0 Å². The third-order valence-electron chi connectivity index (χ3n) is 2.29. The zero-order valence-corrected chi connectivity index (χ0v) is 10.3. The number of phenols is 1. The van der Waals surface area contributed by atoms with Gasteiger partial charge in [0.1, 0.15) is 4.88 Å². The molecule has 0 bridgehead atoms. The Labute approximate surface area is 102 Å². The lowest BCUT2D eigenvalue weighted by molar-refractivity contribution is 0.0532. The highest BCUT2D eigenvalue weighted by atomic mass is 32.1. The first-order valence-electron chi connectivity index (χ1n) is 5.13. The summed E-state index contributed by atoms with van der Waals surface area (Å²) in [4.78, 5) is 12.1. The van der Waals surface area contributed by atoms with Crippen molar-refractivity contribution in [2.45, 2.75) is 6.92 Å². The number of ether oxygens (including phenoxy) is 2. The molecule has 1 aromatic heterocycles. The van der Waals surface area contributed by atoms with Gasteiger partial charge in [0.15, 0.2) is 11.5 Å². The fourth-order valence-corrected chi connectivity index (χ4v) is 2.49. The van der Waals surface area contributed by atoms with Crippen molar-refractivity contribution in [2.75, 3.05) is 13.7 Å². The molecule has 0 radical (unpaired) electrons. The molecule has 0 saturated carbocycles. The third kappa shape index (κ3) is 2.19. The van der Waals surface area contributed by atoms with Crippen molar-refractivity contribution in [1.29, 1.82) is 0 Å². The summed E-state index contributed by atoms with van der Waals surface area (Å²) in [7, 11) is 1.49. The number of methoxy groups -OCH3 is 1. The molecule has 0 saturated heterocycles. The van der Waals surface area contributed by atoms with Gasteiger partial charge in [-0.05, 0) is 24.4 Å². The fourth-order valence-electron chi connectivity index (χ4n) is 1.52. The van der Waals surface area contributed by atoms with Crippen LogP contribution in [0, 0.1) is 0 Å². The Balaban J connectivity index is 2.47. The molecule has 0 fully saturated rings. The highest BCUT2D eigenvalue weighted by Crippen LogP contribution is 2.35. The number of benzene rings is 1. The molecule has 0 unspecified atom stereocenters. The second-order valence-electron chi connectivity index (χ2n) is 3.39. The zero-order valence-electron chi connectivity index (χ0n) is 9.52. The van der Waals surface area contributed by atoms with Crippen molar-refractivity contribution < 1.29 is 19.4 Å². The van der Waals surface area contributed by atoms with E-state index in [9.17, 15) is 9.90 Å². The summed E-state index contributed by atoms with van der Waals surface area (Å²) in [5.74, 6) is 0.120. The smallest absolute Gasteiger partial charge is 0.348 e. The lowest BCUT2D eigenvalue weighted by atomic mass is 10.2. The number of phenolic OH excluding ortho intramolecular Hbond substituents is 1. The van der Waals surface area contributed by atoms with Crippen LogP contribution in [-0.2, 0) is 4.74 Å². The number of thiophene rings is 1. The Hall–Kier alpha value is -1.75. The van der Waals surface area contributed by atoms with Crippen molar-refractivity contribution in [3.05, 3.63) is 23.1 Å². The first-order chi connectivity index (χ1) is 8.15. The van der Waals surface area contributed by atoms with Crippen molar-refractivity contribution >= 4 is 27.4 Å². The Bertz CT molecular complexity index is 559. The van der Waals surface area contributed by atoms with Crippen LogP contribution in [0.4, 0.5) is 0 Å². The predicted molar refractivity (Wildman–Crippen MR) is 66.0 cm³/mol. The Morgan fingerprint density at radius 1 is 1.41 bits per heavy atom. The topological polar surface area (TPSA) is 55.8 Å². The van der Waals surface area contributed by atoms with Crippen LogP contribution in [0.3, 0.4) is 0 Å². The number of hydrogen-bond donors (Lipinski definition) is 1. The average Bonchev–Trinajstić information content (AvgIpc) is 2.71. The van der Waals surface area contributed by atoms with E-state index in [1.807, 2.05) is 0 Å². The van der Waals surface area contributed by atoms with Crippen LogP contribution in [0.25, 0.3) is 10.1 Å². The van der Waals surface area contributed by atoms with E-state index in [2.05, 4.69) is 0 Å². The quantitative estimate of drug-likeness (QED) is 0.853. The Morgan fingerprint density at radius 3 is 2.82 bits per heavy atom. The van der Waals surface area contributed by atoms with Crippen LogP contribution < -0.4 is 4.74 Å². The molecule has 0 aliphatic rings. The molecule has 1 heterocycles. The van der Waals surface area contributed by atoms with Gasteiger partial charge in [0.05, 0.1) is 13.7 Å². The van der Waals surface area contributed by atoms with E-state index < -0.39 is 0 Å². The van der Waals surface area contributed by atoms with Gasteiger partial charge in [0.25, 0.3) is 0 Å². The zero-order chi connectivity index (χ0) is 12.4. The average molecular weight is 252 g/mol. The summed E-state index contributed by atoms with van der Waals surface area (Å²) in [5.41, 5.74) is 0. The van der Waals surface area contributed by atoms with Gasteiger partial charge in [-0.15, -0.1) is 11.3 Å². The molecule has 5 heteroatoms. The third-order valence-corrected chi connectivity index (χ3v) is 3.37. The van der Waals surface area contributed by atoms with E-state index in [1.165, 1.54) is 18.4 Å². The molecule has 0 aliphatic carbocycles. The van der Waals surface area contributed by atoms with Gasteiger partial charge in [0, 0.05) is 10.8 Å². The second-order valence-corrected chi connectivity index (χ2v) is 4.48. The van der Waals surface area contributed by atoms with E-state index in [0.717, 1.165) is 10.1 Å². The summed E-state index contributed by atoms with van der Waals surface area (Å²) in [6.45, 7) is 2.11. The van der Waals surface area contributed by atoms with E-state index in [-0.39, 0.29) is 11.7 Å². The van der Waals surface area contributed by atoms with Crippen LogP contribution in [0.5, 0.6) is 11.5 Å². The maximum absolute atomic E-state index is 11.5. The number of carbonyl (C=O) groups is 1. The summed E-state index contributed by atoms with van der Waals surface area (Å²) in [6.07, 6.45) is 0. The van der Waals surface area contributed by atoms with Gasteiger partial charge in [0.2, 0.25) is 0 Å². The number of fused-ring (bicyclic) bond motifs is 1. The van der Waals surface area contributed by atoms with Crippen LogP contribution in [0.2, 0.25) is 0 Å². The van der Waals surface area contributed by atoms with E-state index in [0.29, 0.717) is 17.2 Å². The van der Waals surface area contributed by atoms with Crippen molar-refractivity contribution in [2.24, 2.45) is 0 Å². The van der Waals surface area contributed by atoms with Gasteiger partial charge in [-0.2, -0.15) is 0 Å². The lowest BCUT2D eigenvalue weighted by Gasteiger charge is -2.01. The van der Waals surface area contributed by atoms with Crippen LogP contribution in [0.15, 0.2) is 18.2 Å². The van der Waals surface area contributed by atoms with Gasteiger partial charge < -0.3 is 14.6 Å². The SMILES string of the molecule is CCOC(=O)c1cc2cc(O)c(OC)cc2s1. The summed E-state index contributed by atoms with van der Waals surface area (Å²) in [5, 5.41) is 10.4. The second kappa shape index (κ2) is 4.63. The monoisotopic (exact) mass is 252 g/mol. The van der Waals surface area contributed by atoms with Crippen molar-refractivity contribution in [1.82, 2.24) is 0 Å². The summed E-state index contributed by atoms with van der Waals surface area (Å²) < 4.78 is 10.8. The molecule has 2 aromatic rings. The van der Waals surface area contributed by atoms with Crippen LogP contribution in [0.1, 0.15) is 16.6 Å². The maximum Gasteiger partial charge on any atom is 0.348 e. The van der Waals surface area contributed by atoms with E-state index >= 15 is 0 Å². The molecule has 2 rings (SSSR count). The molecule has 0 atom stereocenters. The van der Waals surface area contributed by atoms with Crippen LogP contribution in [-0.4, -0.2) is 24.8 Å². The van der Waals surface area contributed by atoms with E-state index in [4.69, 9.17) is 9.47 Å². The molecular formula is C12H12O4S. The van der Waals surface area contributed by atoms with Gasteiger partial charge in [-0.3, -0.25) is 0 Å². The number of esters is 1. The molecule has 0 spiro atoms. The molecule has 17 heavy (non-hydrogen) atoms. The Morgan fingerprint density at radius 2 is 2.18 bits per heavy atom. The minimum atomic E-state index is -0.341. The largest absolute Gasteiger partial charge is 0.504 e. The van der Waals surface area contributed by atoms with Crippen molar-refractivity contribution in [3.63, 3.8) is 0 Å². The normalized spacial score (nSPS) is 10.5. The minimum absolute atomic E-state index is 0.0632. The highest BCUT2D eigenvalue weighted by Gasteiger charge is 2.13. The molecule has 1 aromatic carbocycles. The summed E-state index contributed by atoms with van der Waals surface area (Å²) >= 11 is 1.32. The van der Waals surface area contributed by atoms with E-state index in [1.54, 1.807) is 25.1 Å². The molecule has 0 amide bonds. The molecule has 4 nitrogen and oxygen atoms in total. The predicted octanol–water partition coefficient (Wildman–Crippen LogP) is 2.79. The van der Waals surface area contributed by atoms with Gasteiger partial charge >= 0.3 is 5.97 Å². The highest BCUT2D eigenvalue weighted by molar-refractivity contribution is 7.20. The van der Waals surface area contributed by atoms with Gasteiger partial charge in [-0.25, -0.2) is 4.79 Å².